The van der Waals surface area contributed by atoms with Gasteiger partial charge in [0.05, 0.1) is 11.7 Å². The van der Waals surface area contributed by atoms with Crippen LogP contribution in [0.4, 0.5) is 4.39 Å². The molecule has 7 heteroatoms. The first-order valence-corrected chi connectivity index (χ1v) is 13.1. The van der Waals surface area contributed by atoms with Gasteiger partial charge in [0.25, 0.3) is 5.91 Å². The molecule has 5 aromatic rings. The molecule has 3 heterocycles. The van der Waals surface area contributed by atoms with E-state index in [9.17, 15) is 9.18 Å². The standard InChI is InChI=1S/C32H29FN4O2/c1-23-12-17-30(39-23)28-22-29(37(34-28)27-15-13-26(33)14-16-27)32(38)36-20-18-35(19-21-36)31(24-8-4-2-5-9-24)25-10-6-3-7-11-25/h2-17,22,31H,18-21H2,1H3. The second-order valence-corrected chi connectivity index (χ2v) is 9.77. The molecule has 0 aliphatic carbocycles. The quantitative estimate of drug-likeness (QED) is 0.270. The number of nitrogens with zero attached hydrogens (tertiary/aromatic N) is 4. The number of aromatic nitrogens is 2. The third-order valence-corrected chi connectivity index (χ3v) is 7.19. The van der Waals surface area contributed by atoms with Crippen LogP contribution in [0, 0.1) is 12.7 Å². The van der Waals surface area contributed by atoms with Gasteiger partial charge in [-0.3, -0.25) is 9.69 Å². The molecule has 0 N–H and O–H groups in total. The van der Waals surface area contributed by atoms with Crippen molar-refractivity contribution in [2.45, 2.75) is 13.0 Å². The van der Waals surface area contributed by atoms with Crippen LogP contribution in [0.2, 0.25) is 0 Å². The minimum Gasteiger partial charge on any atom is -0.460 e. The van der Waals surface area contributed by atoms with Gasteiger partial charge in [0.15, 0.2) is 5.76 Å². The summed E-state index contributed by atoms with van der Waals surface area (Å²) in [6, 6.07) is 32.5. The van der Waals surface area contributed by atoms with Gasteiger partial charge in [0.1, 0.15) is 23.0 Å². The van der Waals surface area contributed by atoms with E-state index in [1.807, 2.05) is 36.1 Å². The van der Waals surface area contributed by atoms with Crippen molar-refractivity contribution in [2.24, 2.45) is 0 Å². The number of amides is 1. The average molecular weight is 521 g/mol. The van der Waals surface area contributed by atoms with Crippen LogP contribution in [-0.4, -0.2) is 51.7 Å². The van der Waals surface area contributed by atoms with E-state index in [0.29, 0.717) is 35.9 Å². The largest absolute Gasteiger partial charge is 0.460 e. The Morgan fingerprint density at radius 1 is 0.821 bits per heavy atom. The Labute approximate surface area is 226 Å². The maximum atomic E-state index is 13.9. The second-order valence-electron chi connectivity index (χ2n) is 9.77. The first-order chi connectivity index (χ1) is 19.1. The molecule has 1 aliphatic rings. The number of benzene rings is 3. The number of carbonyl (C=O) groups excluding carboxylic acids is 1. The molecule has 1 amide bonds. The molecule has 1 fully saturated rings. The number of aryl methyl sites for hydroxylation is 1. The number of furan rings is 1. The highest BCUT2D eigenvalue weighted by Gasteiger charge is 2.30. The van der Waals surface area contributed by atoms with Crippen LogP contribution in [0.1, 0.15) is 33.4 Å². The van der Waals surface area contributed by atoms with Crippen molar-refractivity contribution in [3.63, 3.8) is 0 Å². The van der Waals surface area contributed by atoms with E-state index >= 15 is 0 Å². The fourth-order valence-electron chi connectivity index (χ4n) is 5.24. The van der Waals surface area contributed by atoms with Crippen molar-refractivity contribution in [1.82, 2.24) is 19.6 Å². The highest BCUT2D eigenvalue weighted by atomic mass is 19.1. The van der Waals surface area contributed by atoms with E-state index in [1.165, 1.54) is 23.3 Å². The Balaban J connectivity index is 1.27. The topological polar surface area (TPSA) is 54.5 Å². The minimum absolute atomic E-state index is 0.114. The van der Waals surface area contributed by atoms with E-state index in [1.54, 1.807) is 22.9 Å². The fraction of sp³-hybridized carbons (Fsp3) is 0.188. The Hall–Kier alpha value is -4.49. The maximum absolute atomic E-state index is 13.9. The van der Waals surface area contributed by atoms with Gasteiger partial charge in [-0.1, -0.05) is 60.7 Å². The fourth-order valence-corrected chi connectivity index (χ4v) is 5.24. The summed E-state index contributed by atoms with van der Waals surface area (Å²) in [6.07, 6.45) is 0. The lowest BCUT2D eigenvalue weighted by atomic mass is 9.96. The van der Waals surface area contributed by atoms with Crippen molar-refractivity contribution < 1.29 is 13.6 Å². The molecule has 6 rings (SSSR count). The van der Waals surface area contributed by atoms with Gasteiger partial charge in [0.2, 0.25) is 0 Å². The molecule has 0 spiro atoms. The van der Waals surface area contributed by atoms with Gasteiger partial charge in [-0.2, -0.15) is 5.10 Å². The van der Waals surface area contributed by atoms with Crippen LogP contribution in [0.3, 0.4) is 0 Å². The number of rotatable bonds is 6. The molecular weight excluding hydrogens is 491 g/mol. The number of piperazine rings is 1. The second kappa shape index (κ2) is 10.7. The predicted molar refractivity (Wildman–Crippen MR) is 148 cm³/mol. The third-order valence-electron chi connectivity index (χ3n) is 7.19. The summed E-state index contributed by atoms with van der Waals surface area (Å²) in [5, 5.41) is 4.67. The van der Waals surface area contributed by atoms with Crippen LogP contribution in [-0.2, 0) is 0 Å². The summed E-state index contributed by atoms with van der Waals surface area (Å²) in [6.45, 7) is 4.49. The molecule has 0 unspecified atom stereocenters. The molecule has 1 saturated heterocycles. The zero-order valence-electron chi connectivity index (χ0n) is 21.7. The van der Waals surface area contributed by atoms with E-state index in [2.05, 4.69) is 58.5 Å². The zero-order chi connectivity index (χ0) is 26.8. The molecule has 0 bridgehead atoms. The molecule has 196 valence electrons. The summed E-state index contributed by atoms with van der Waals surface area (Å²) in [5.41, 5.74) is 4.05. The van der Waals surface area contributed by atoms with Gasteiger partial charge in [0, 0.05) is 32.2 Å². The summed E-state index contributed by atoms with van der Waals surface area (Å²) >= 11 is 0. The molecular formula is C32H29FN4O2. The SMILES string of the molecule is Cc1ccc(-c2cc(C(=O)N3CCN(C(c4ccccc4)c4ccccc4)CC3)n(-c3ccc(F)cc3)n2)o1. The number of halogens is 1. The van der Waals surface area contributed by atoms with Gasteiger partial charge < -0.3 is 9.32 Å². The molecule has 0 radical (unpaired) electrons. The lowest BCUT2D eigenvalue weighted by Crippen LogP contribution is -2.50. The van der Waals surface area contributed by atoms with Gasteiger partial charge in [-0.15, -0.1) is 0 Å². The number of hydrogen-bond donors (Lipinski definition) is 0. The Morgan fingerprint density at radius 3 is 2.00 bits per heavy atom. The van der Waals surface area contributed by atoms with Crippen LogP contribution in [0.15, 0.2) is 108 Å². The summed E-state index contributed by atoms with van der Waals surface area (Å²) in [4.78, 5) is 18.2. The van der Waals surface area contributed by atoms with E-state index in [-0.39, 0.29) is 17.8 Å². The molecule has 3 aromatic carbocycles. The Bertz CT molecular complexity index is 1510. The van der Waals surface area contributed by atoms with Crippen LogP contribution in [0.5, 0.6) is 0 Å². The van der Waals surface area contributed by atoms with Crippen molar-refractivity contribution in [2.75, 3.05) is 26.2 Å². The van der Waals surface area contributed by atoms with Crippen molar-refractivity contribution >= 4 is 5.91 Å². The van der Waals surface area contributed by atoms with Crippen molar-refractivity contribution in [1.29, 1.82) is 0 Å². The summed E-state index contributed by atoms with van der Waals surface area (Å²) in [7, 11) is 0. The smallest absolute Gasteiger partial charge is 0.272 e. The number of carbonyl (C=O) groups is 1. The average Bonchev–Trinajstić information content (AvgIpc) is 3.62. The summed E-state index contributed by atoms with van der Waals surface area (Å²) < 4.78 is 21.0. The Morgan fingerprint density at radius 2 is 1.44 bits per heavy atom. The van der Waals surface area contributed by atoms with Crippen molar-refractivity contribution in [3.8, 4) is 17.1 Å². The molecule has 2 aromatic heterocycles. The monoisotopic (exact) mass is 520 g/mol. The highest BCUT2D eigenvalue weighted by molar-refractivity contribution is 5.94. The van der Waals surface area contributed by atoms with E-state index < -0.39 is 0 Å². The lowest BCUT2D eigenvalue weighted by Gasteiger charge is -2.39. The predicted octanol–water partition coefficient (Wildman–Crippen LogP) is 6.13. The number of hydrogen-bond acceptors (Lipinski definition) is 4. The Kier molecular flexibility index (Phi) is 6.82. The summed E-state index contributed by atoms with van der Waals surface area (Å²) in [5.74, 6) is 0.887. The molecule has 0 atom stereocenters. The van der Waals surface area contributed by atoms with Crippen molar-refractivity contribution in [3.05, 3.63) is 132 Å². The third kappa shape index (κ3) is 5.13. The van der Waals surface area contributed by atoms with E-state index in [4.69, 9.17) is 4.42 Å². The molecule has 0 saturated carbocycles. The highest BCUT2D eigenvalue weighted by Crippen LogP contribution is 2.30. The van der Waals surface area contributed by atoms with Gasteiger partial charge in [-0.25, -0.2) is 9.07 Å². The molecule has 1 aliphatic heterocycles. The van der Waals surface area contributed by atoms with Gasteiger partial charge >= 0.3 is 0 Å². The minimum atomic E-state index is -0.344. The molecule has 39 heavy (non-hydrogen) atoms. The maximum Gasteiger partial charge on any atom is 0.272 e. The lowest BCUT2D eigenvalue weighted by molar-refractivity contribution is 0.0589. The zero-order valence-corrected chi connectivity index (χ0v) is 21.7. The van der Waals surface area contributed by atoms with Gasteiger partial charge in [-0.05, 0) is 54.4 Å². The van der Waals surface area contributed by atoms with Crippen LogP contribution >= 0.6 is 0 Å². The van der Waals surface area contributed by atoms with Crippen LogP contribution < -0.4 is 0 Å². The first kappa shape index (κ1) is 24.8. The van der Waals surface area contributed by atoms with E-state index in [0.717, 1.165) is 18.8 Å². The first-order valence-electron chi connectivity index (χ1n) is 13.1. The normalized spacial score (nSPS) is 14.2. The van der Waals surface area contributed by atoms with Crippen LogP contribution in [0.25, 0.3) is 17.1 Å². The molecule has 6 nitrogen and oxygen atoms in total.